The lowest BCUT2D eigenvalue weighted by Gasteiger charge is -2.54. The Labute approximate surface area is 168 Å². The Morgan fingerprint density at radius 2 is 1.89 bits per heavy atom. The number of aliphatic imine (C=N–C) groups is 1. The van der Waals surface area contributed by atoms with E-state index in [1.807, 2.05) is 0 Å². The topological polar surface area (TPSA) is 62.9 Å². The van der Waals surface area contributed by atoms with Crippen molar-refractivity contribution in [2.75, 3.05) is 19.7 Å². The van der Waals surface area contributed by atoms with Gasteiger partial charge in [-0.2, -0.15) is 0 Å². The van der Waals surface area contributed by atoms with E-state index >= 15 is 0 Å². The summed E-state index contributed by atoms with van der Waals surface area (Å²) < 4.78 is 6.08. The number of hydrogen-bond donors (Lipinski definition) is 2. The first-order valence-corrected chi connectivity index (χ1v) is 11.2. The summed E-state index contributed by atoms with van der Waals surface area (Å²) in [6.07, 6.45) is 9.07. The van der Waals surface area contributed by atoms with Gasteiger partial charge in [0.15, 0.2) is 5.96 Å². The molecule has 2 aliphatic heterocycles. The van der Waals surface area contributed by atoms with Crippen LogP contribution in [0, 0.1) is 11.3 Å². The maximum Gasteiger partial charge on any atom is 0.189 e. The van der Waals surface area contributed by atoms with Crippen LogP contribution in [0.15, 0.2) is 35.3 Å². The predicted molar refractivity (Wildman–Crippen MR) is 112 cm³/mol. The van der Waals surface area contributed by atoms with Gasteiger partial charge < -0.3 is 15.8 Å². The summed E-state index contributed by atoms with van der Waals surface area (Å²) in [6.45, 7) is 4.19. The quantitative estimate of drug-likeness (QED) is 0.621. The molecular weight excluding hydrogens is 348 g/mol. The fraction of sp³-hybridized carbons (Fsp3) is 0.696. The smallest absolute Gasteiger partial charge is 0.189 e. The van der Waals surface area contributed by atoms with E-state index in [9.17, 15) is 0 Å². The third kappa shape index (κ3) is 3.33. The molecular formula is C23H34N4O. The number of benzene rings is 1. The lowest BCUT2D eigenvalue weighted by atomic mass is 9.54. The second-order valence-electron chi connectivity index (χ2n) is 9.32. The number of ether oxygens (including phenoxy) is 1. The largest absolute Gasteiger partial charge is 0.377 e. The van der Waals surface area contributed by atoms with Gasteiger partial charge in [0.1, 0.15) is 0 Å². The molecule has 3 unspecified atom stereocenters. The van der Waals surface area contributed by atoms with Crippen molar-refractivity contribution < 1.29 is 4.74 Å². The van der Waals surface area contributed by atoms with E-state index in [1.165, 1.54) is 31.2 Å². The first-order chi connectivity index (χ1) is 13.7. The number of nitrogens with zero attached hydrogens (tertiary/aromatic N) is 2. The summed E-state index contributed by atoms with van der Waals surface area (Å²) in [5, 5.41) is 3.55. The van der Waals surface area contributed by atoms with Gasteiger partial charge in [-0.1, -0.05) is 43.2 Å². The molecule has 152 valence electrons. The molecule has 0 radical (unpaired) electrons. The third-order valence-corrected chi connectivity index (χ3v) is 7.70. The summed E-state index contributed by atoms with van der Waals surface area (Å²) in [4.78, 5) is 7.57. The molecule has 2 heterocycles. The van der Waals surface area contributed by atoms with E-state index in [-0.39, 0.29) is 0 Å². The average Bonchev–Trinajstić information content (AvgIpc) is 3.38. The summed E-state index contributed by atoms with van der Waals surface area (Å²) in [5.41, 5.74) is 8.09. The fourth-order valence-corrected chi connectivity index (χ4v) is 6.31. The zero-order valence-electron chi connectivity index (χ0n) is 16.9. The van der Waals surface area contributed by atoms with E-state index < -0.39 is 0 Å². The number of piperidine rings is 1. The molecule has 5 heteroatoms. The van der Waals surface area contributed by atoms with Crippen molar-refractivity contribution in [2.45, 2.75) is 69.7 Å². The van der Waals surface area contributed by atoms with Crippen molar-refractivity contribution in [3.8, 4) is 0 Å². The summed E-state index contributed by atoms with van der Waals surface area (Å²) >= 11 is 0. The number of fused-ring (bicyclic) bond motifs is 2. The highest BCUT2D eigenvalue weighted by Crippen LogP contribution is 2.62. The molecule has 0 bridgehead atoms. The van der Waals surface area contributed by atoms with Crippen LogP contribution in [0.1, 0.15) is 50.5 Å². The Morgan fingerprint density at radius 1 is 1.14 bits per heavy atom. The Kier molecular flexibility index (Phi) is 5.06. The third-order valence-electron chi connectivity index (χ3n) is 7.70. The molecule has 2 saturated heterocycles. The highest BCUT2D eigenvalue weighted by molar-refractivity contribution is 5.78. The van der Waals surface area contributed by atoms with Gasteiger partial charge >= 0.3 is 0 Å². The van der Waals surface area contributed by atoms with Crippen molar-refractivity contribution in [3.05, 3.63) is 35.9 Å². The molecule has 4 aliphatic rings. The number of rotatable bonds is 4. The van der Waals surface area contributed by atoms with Crippen LogP contribution < -0.4 is 11.1 Å². The van der Waals surface area contributed by atoms with Crippen LogP contribution in [-0.2, 0) is 11.3 Å². The number of nitrogens with two attached hydrogens (primary N) is 1. The molecule has 1 aromatic rings. The molecule has 0 amide bonds. The second kappa shape index (κ2) is 7.68. The SMILES string of the molecule is NC(=NC1C2CCOC2C12CCCC2)NC1CCN(Cc2ccccc2)CC1. The van der Waals surface area contributed by atoms with Crippen LogP contribution in [0.3, 0.4) is 0 Å². The highest BCUT2D eigenvalue weighted by atomic mass is 16.5. The lowest BCUT2D eigenvalue weighted by molar-refractivity contribution is -0.117. The van der Waals surface area contributed by atoms with Crippen molar-refractivity contribution >= 4 is 5.96 Å². The number of guanidine groups is 1. The Hall–Kier alpha value is -1.59. The Balaban J connectivity index is 1.15. The van der Waals surface area contributed by atoms with Gasteiger partial charge in [-0.15, -0.1) is 0 Å². The standard InChI is InChI=1S/C23H34N4O/c24-22(26-20-19-10-15-28-21(19)23(20)11-4-5-12-23)25-18-8-13-27(14-9-18)16-17-6-2-1-3-7-17/h1-3,6-7,18-21H,4-5,8-16H2,(H3,24,25,26). The van der Waals surface area contributed by atoms with Crippen LogP contribution in [-0.4, -0.2) is 48.7 Å². The summed E-state index contributed by atoms with van der Waals surface area (Å²) in [5.74, 6) is 1.27. The van der Waals surface area contributed by atoms with Gasteiger partial charge in [0.2, 0.25) is 0 Å². The van der Waals surface area contributed by atoms with Crippen LogP contribution >= 0.6 is 0 Å². The van der Waals surface area contributed by atoms with Gasteiger partial charge in [-0.3, -0.25) is 4.90 Å². The van der Waals surface area contributed by atoms with Crippen molar-refractivity contribution in [2.24, 2.45) is 22.1 Å². The molecule has 5 nitrogen and oxygen atoms in total. The number of likely N-dealkylation sites (tertiary alicyclic amines) is 1. The van der Waals surface area contributed by atoms with Gasteiger partial charge in [0, 0.05) is 43.6 Å². The first-order valence-electron chi connectivity index (χ1n) is 11.2. The van der Waals surface area contributed by atoms with E-state index in [2.05, 4.69) is 40.5 Å². The molecule has 3 N–H and O–H groups in total. The summed E-state index contributed by atoms with van der Waals surface area (Å²) in [7, 11) is 0. The van der Waals surface area contributed by atoms with Gasteiger partial charge in [0.05, 0.1) is 12.1 Å². The van der Waals surface area contributed by atoms with Gasteiger partial charge in [0.25, 0.3) is 0 Å². The van der Waals surface area contributed by atoms with Gasteiger partial charge in [-0.25, -0.2) is 4.99 Å². The minimum atomic E-state index is 0.298. The Morgan fingerprint density at radius 3 is 2.64 bits per heavy atom. The molecule has 2 saturated carbocycles. The average molecular weight is 383 g/mol. The predicted octanol–water partition coefficient (Wildman–Crippen LogP) is 2.90. The molecule has 1 spiro atoms. The minimum Gasteiger partial charge on any atom is -0.377 e. The van der Waals surface area contributed by atoms with Crippen molar-refractivity contribution in [3.63, 3.8) is 0 Å². The zero-order valence-corrected chi connectivity index (χ0v) is 16.9. The minimum absolute atomic E-state index is 0.298. The molecule has 5 rings (SSSR count). The maximum absolute atomic E-state index is 6.39. The number of hydrogen-bond acceptors (Lipinski definition) is 3. The first kappa shape index (κ1) is 18.4. The molecule has 0 aromatic heterocycles. The monoisotopic (exact) mass is 382 g/mol. The zero-order chi connectivity index (χ0) is 19.0. The highest BCUT2D eigenvalue weighted by Gasteiger charge is 2.65. The normalized spacial score (nSPS) is 33.0. The second-order valence-corrected chi connectivity index (χ2v) is 9.32. The van der Waals surface area contributed by atoms with Crippen molar-refractivity contribution in [1.82, 2.24) is 10.2 Å². The fourth-order valence-electron chi connectivity index (χ4n) is 6.31. The van der Waals surface area contributed by atoms with E-state index in [0.717, 1.165) is 45.5 Å². The molecule has 28 heavy (non-hydrogen) atoms. The van der Waals surface area contributed by atoms with Crippen molar-refractivity contribution in [1.29, 1.82) is 0 Å². The lowest BCUT2D eigenvalue weighted by Crippen LogP contribution is -2.61. The molecule has 1 aromatic carbocycles. The van der Waals surface area contributed by atoms with Crippen LogP contribution in [0.25, 0.3) is 0 Å². The van der Waals surface area contributed by atoms with Crippen LogP contribution in [0.4, 0.5) is 0 Å². The van der Waals surface area contributed by atoms with Gasteiger partial charge in [-0.05, 0) is 37.7 Å². The van der Waals surface area contributed by atoms with E-state index in [4.69, 9.17) is 15.5 Å². The molecule has 3 atom stereocenters. The Bertz CT molecular complexity index is 692. The molecule has 4 fully saturated rings. The van der Waals surface area contributed by atoms with Crippen LogP contribution in [0.5, 0.6) is 0 Å². The summed E-state index contributed by atoms with van der Waals surface area (Å²) in [6, 6.07) is 11.6. The molecule has 2 aliphatic carbocycles. The van der Waals surface area contributed by atoms with E-state index in [1.54, 1.807) is 0 Å². The number of nitrogens with one attached hydrogen (secondary N) is 1. The van der Waals surface area contributed by atoms with E-state index in [0.29, 0.717) is 35.5 Å². The van der Waals surface area contributed by atoms with Crippen LogP contribution in [0.2, 0.25) is 0 Å². The maximum atomic E-state index is 6.39.